The number of carbonyl (C=O) groups excluding carboxylic acids is 4. The zero-order valence-electron chi connectivity index (χ0n) is 65.1. The number of carbonyl (C=O) groups is 4. The van der Waals surface area contributed by atoms with Gasteiger partial charge in [0, 0.05) is 25.7 Å². The van der Waals surface area contributed by atoms with E-state index in [1.807, 2.05) is 0 Å². The number of unbranched alkanes of at least 4 members (excludes halogenated alkanes) is 40. The van der Waals surface area contributed by atoms with Crippen LogP contribution in [-0.4, -0.2) is 96.7 Å². The van der Waals surface area contributed by atoms with E-state index in [1.54, 1.807) is 0 Å². The predicted octanol–water partition coefficient (Wildman–Crippen LogP) is 23.6. The maximum absolute atomic E-state index is 13.1. The molecule has 588 valence electrons. The van der Waals surface area contributed by atoms with Gasteiger partial charge in [-0.2, -0.15) is 0 Å². The van der Waals surface area contributed by atoms with Crippen LogP contribution in [-0.2, 0) is 65.4 Å². The molecule has 0 aromatic heterocycles. The van der Waals surface area contributed by atoms with Gasteiger partial charge in [-0.15, -0.1) is 0 Å². The van der Waals surface area contributed by atoms with Crippen molar-refractivity contribution in [2.75, 3.05) is 39.6 Å². The molecule has 99 heavy (non-hydrogen) atoms. The minimum atomic E-state index is -4.96. The van der Waals surface area contributed by atoms with Crippen molar-refractivity contribution in [1.29, 1.82) is 0 Å². The molecule has 17 nitrogen and oxygen atoms in total. The molecule has 0 rings (SSSR count). The lowest BCUT2D eigenvalue weighted by molar-refractivity contribution is -0.161. The zero-order valence-corrected chi connectivity index (χ0v) is 66.9. The molecule has 0 spiro atoms. The lowest BCUT2D eigenvalue weighted by atomic mass is 9.99. The smallest absolute Gasteiger partial charge is 0.462 e. The van der Waals surface area contributed by atoms with Gasteiger partial charge >= 0.3 is 39.5 Å². The van der Waals surface area contributed by atoms with Crippen molar-refractivity contribution in [2.45, 2.75) is 427 Å². The van der Waals surface area contributed by atoms with Crippen LogP contribution in [0.25, 0.3) is 0 Å². The average molecular weight is 1450 g/mol. The van der Waals surface area contributed by atoms with E-state index in [-0.39, 0.29) is 25.7 Å². The Morgan fingerprint density at radius 3 is 0.717 bits per heavy atom. The molecular formula is C80H156O17P2. The summed E-state index contributed by atoms with van der Waals surface area (Å²) in [5.74, 6) is 1.03. The molecule has 0 aliphatic carbocycles. The normalized spacial score (nSPS) is 14.9. The third kappa shape index (κ3) is 70.2. The second-order valence-corrected chi connectivity index (χ2v) is 32.9. The summed E-state index contributed by atoms with van der Waals surface area (Å²) in [6.45, 7) is 14.3. The van der Waals surface area contributed by atoms with Gasteiger partial charge in [0.25, 0.3) is 0 Å². The van der Waals surface area contributed by atoms with Gasteiger partial charge in [-0.3, -0.25) is 37.3 Å². The van der Waals surface area contributed by atoms with Gasteiger partial charge < -0.3 is 33.8 Å². The first-order valence-corrected chi connectivity index (χ1v) is 44.3. The van der Waals surface area contributed by atoms with Crippen molar-refractivity contribution in [3.63, 3.8) is 0 Å². The minimum absolute atomic E-state index is 0.105. The number of aliphatic hydroxyl groups is 1. The summed E-state index contributed by atoms with van der Waals surface area (Å²) >= 11 is 0. The summed E-state index contributed by atoms with van der Waals surface area (Å²) in [5.41, 5.74) is 0. The number of aliphatic hydroxyl groups excluding tert-OH is 1. The van der Waals surface area contributed by atoms with E-state index in [1.165, 1.54) is 205 Å². The predicted molar refractivity (Wildman–Crippen MR) is 404 cm³/mol. The SMILES string of the molecule is CCC(C)CCCCCCCCCCCCCCCCCCCCC(=O)OC[C@H](COP(=O)(O)OC[C@@H](O)COP(=O)(O)OC[C@@H](COC(=O)CCCCCCCCC(C)CC)OC(=O)CCCCCCCCCCCCCCC(C)C)OC(=O)CCCCCCCCCCC(C)CC. The molecule has 0 aliphatic heterocycles. The fourth-order valence-corrected chi connectivity index (χ4v) is 13.7. The van der Waals surface area contributed by atoms with Crippen LogP contribution in [0.1, 0.15) is 409 Å². The monoisotopic (exact) mass is 1450 g/mol. The number of phosphoric ester groups is 2. The second-order valence-electron chi connectivity index (χ2n) is 30.0. The number of esters is 4. The molecule has 0 saturated carbocycles. The average Bonchev–Trinajstić information content (AvgIpc) is 1.43. The van der Waals surface area contributed by atoms with Gasteiger partial charge in [0.05, 0.1) is 26.4 Å². The summed E-state index contributed by atoms with van der Waals surface area (Å²) in [6.07, 6.45) is 55.6. The molecule has 0 aromatic rings. The van der Waals surface area contributed by atoms with Crippen LogP contribution in [0.4, 0.5) is 0 Å². The summed E-state index contributed by atoms with van der Waals surface area (Å²) in [6, 6.07) is 0. The van der Waals surface area contributed by atoms with Crippen LogP contribution in [0.3, 0.4) is 0 Å². The standard InChI is InChI=1S/C80H156O17P2/c1-9-71(6)57-49-41-33-27-23-18-16-14-12-13-15-17-19-24-28-35-44-52-60-77(82)90-66-75(97-80(85)63-55-47-37-31-30-34-42-50-58-72(7)10-2)68-94-98(86,87)92-64-74(81)65-93-99(88,89)95-69-76(67-91-78(83)61-53-45-39-38-43-51-59-73(8)11-3)96-79(84)62-54-46-36-29-25-21-20-22-26-32-40-48-56-70(4)5/h70-76,81H,9-69H2,1-8H3,(H,86,87)(H,88,89)/t71?,72?,73?,74-,75-,76-/m1/s1. The fraction of sp³-hybridized carbons (Fsp3) is 0.950. The Bertz CT molecular complexity index is 1940. The van der Waals surface area contributed by atoms with Crippen LogP contribution in [0.2, 0.25) is 0 Å². The molecule has 8 atom stereocenters. The molecule has 5 unspecified atom stereocenters. The van der Waals surface area contributed by atoms with Gasteiger partial charge in [0.1, 0.15) is 19.3 Å². The molecule has 0 bridgehead atoms. The largest absolute Gasteiger partial charge is 0.472 e. The third-order valence-corrected chi connectivity index (χ3v) is 21.6. The molecule has 3 N–H and O–H groups in total. The first-order chi connectivity index (χ1) is 47.7. The Morgan fingerprint density at radius 2 is 0.485 bits per heavy atom. The Labute approximate surface area is 607 Å². The van der Waals surface area contributed by atoms with Crippen molar-refractivity contribution < 1.29 is 80.2 Å². The van der Waals surface area contributed by atoms with Gasteiger partial charge in [0.2, 0.25) is 0 Å². The van der Waals surface area contributed by atoms with Crippen LogP contribution in [0.5, 0.6) is 0 Å². The molecule has 0 amide bonds. The fourth-order valence-electron chi connectivity index (χ4n) is 12.2. The number of hydrogen-bond acceptors (Lipinski definition) is 15. The Kier molecular flexibility index (Phi) is 67.8. The Balaban J connectivity index is 5.18. The van der Waals surface area contributed by atoms with Crippen molar-refractivity contribution in [3.05, 3.63) is 0 Å². The molecule has 0 aliphatic rings. The van der Waals surface area contributed by atoms with Gasteiger partial charge in [0.15, 0.2) is 12.2 Å². The van der Waals surface area contributed by atoms with Crippen LogP contribution in [0.15, 0.2) is 0 Å². The molecular weight excluding hydrogens is 1290 g/mol. The third-order valence-electron chi connectivity index (χ3n) is 19.7. The first kappa shape index (κ1) is 97.1. The molecule has 19 heteroatoms. The van der Waals surface area contributed by atoms with Crippen molar-refractivity contribution in [3.8, 4) is 0 Å². The highest BCUT2D eigenvalue weighted by atomic mass is 31.2. The highest BCUT2D eigenvalue weighted by molar-refractivity contribution is 7.47. The van der Waals surface area contributed by atoms with Crippen molar-refractivity contribution >= 4 is 39.5 Å². The van der Waals surface area contributed by atoms with E-state index >= 15 is 0 Å². The summed E-state index contributed by atoms with van der Waals surface area (Å²) in [5, 5.41) is 10.6. The van der Waals surface area contributed by atoms with Gasteiger partial charge in [-0.1, -0.05) is 357 Å². The highest BCUT2D eigenvalue weighted by Gasteiger charge is 2.30. The van der Waals surface area contributed by atoms with E-state index < -0.39 is 97.5 Å². The number of hydrogen-bond donors (Lipinski definition) is 3. The van der Waals surface area contributed by atoms with Crippen LogP contribution >= 0.6 is 15.6 Å². The van der Waals surface area contributed by atoms with Crippen molar-refractivity contribution in [1.82, 2.24) is 0 Å². The highest BCUT2D eigenvalue weighted by Crippen LogP contribution is 2.45. The van der Waals surface area contributed by atoms with Gasteiger partial charge in [-0.25, -0.2) is 9.13 Å². The first-order valence-electron chi connectivity index (χ1n) is 41.3. The summed E-state index contributed by atoms with van der Waals surface area (Å²) < 4.78 is 68.6. The van der Waals surface area contributed by atoms with Gasteiger partial charge in [-0.05, 0) is 49.4 Å². The molecule has 0 saturated heterocycles. The van der Waals surface area contributed by atoms with E-state index in [9.17, 15) is 43.2 Å². The Morgan fingerprint density at radius 1 is 0.283 bits per heavy atom. The lowest BCUT2D eigenvalue weighted by Gasteiger charge is -2.21. The summed E-state index contributed by atoms with van der Waals surface area (Å²) in [7, 11) is -9.92. The maximum Gasteiger partial charge on any atom is 0.472 e. The number of rotatable bonds is 77. The lowest BCUT2D eigenvalue weighted by Crippen LogP contribution is -2.30. The minimum Gasteiger partial charge on any atom is -0.462 e. The molecule has 0 heterocycles. The summed E-state index contributed by atoms with van der Waals surface area (Å²) in [4.78, 5) is 72.9. The van der Waals surface area contributed by atoms with E-state index in [0.717, 1.165) is 120 Å². The number of phosphoric acid groups is 2. The van der Waals surface area contributed by atoms with Crippen molar-refractivity contribution in [2.24, 2.45) is 23.7 Å². The quantitative estimate of drug-likeness (QED) is 0.0222. The molecule has 0 fully saturated rings. The molecule has 0 radical (unpaired) electrons. The molecule has 0 aromatic carbocycles. The zero-order chi connectivity index (χ0) is 73.1. The Hall–Kier alpha value is -1.94. The van der Waals surface area contributed by atoms with Crippen LogP contribution in [0, 0.1) is 23.7 Å². The van der Waals surface area contributed by atoms with E-state index in [0.29, 0.717) is 25.7 Å². The topological polar surface area (TPSA) is 237 Å². The second kappa shape index (κ2) is 69.1. The van der Waals surface area contributed by atoms with E-state index in [2.05, 4.69) is 55.4 Å². The van der Waals surface area contributed by atoms with Crippen LogP contribution < -0.4 is 0 Å². The maximum atomic E-state index is 13.1. The number of ether oxygens (including phenoxy) is 4. The van der Waals surface area contributed by atoms with E-state index in [4.69, 9.17) is 37.0 Å².